The highest BCUT2D eigenvalue weighted by Crippen LogP contribution is 2.28. The van der Waals surface area contributed by atoms with Crippen LogP contribution in [0.3, 0.4) is 0 Å². The second kappa shape index (κ2) is 6.59. The minimum atomic E-state index is -0.377. The zero-order chi connectivity index (χ0) is 16.2. The van der Waals surface area contributed by atoms with Crippen molar-refractivity contribution in [2.24, 2.45) is 0 Å². The molecule has 0 spiro atoms. The number of phenolic OH excluding ortho intramolecular Hbond substituents is 1. The summed E-state index contributed by atoms with van der Waals surface area (Å²) < 4.78 is 5.90. The normalized spacial score (nSPS) is 11.0. The molecule has 3 aromatic rings. The van der Waals surface area contributed by atoms with Crippen molar-refractivity contribution in [1.82, 2.24) is 10.3 Å². The maximum atomic E-state index is 11.7. The van der Waals surface area contributed by atoms with Crippen LogP contribution >= 0.6 is 23.6 Å². The number of phenols is 1. The van der Waals surface area contributed by atoms with Crippen LogP contribution in [0.4, 0.5) is 5.13 Å². The number of benzene rings is 1. The third kappa shape index (κ3) is 3.93. The van der Waals surface area contributed by atoms with E-state index in [1.807, 2.05) is 0 Å². The Morgan fingerprint density at radius 1 is 1.39 bits per heavy atom. The lowest BCUT2D eigenvalue weighted by atomic mass is 10.3. The topological polar surface area (TPSA) is 87.4 Å². The zero-order valence-corrected chi connectivity index (χ0v) is 13.3. The van der Waals surface area contributed by atoms with Crippen molar-refractivity contribution in [2.45, 2.75) is 0 Å². The largest absolute Gasteiger partial charge is 0.508 e. The average molecular weight is 345 g/mol. The van der Waals surface area contributed by atoms with E-state index in [2.05, 4.69) is 15.6 Å². The maximum absolute atomic E-state index is 11.7. The first-order chi connectivity index (χ1) is 11.1. The van der Waals surface area contributed by atoms with Crippen molar-refractivity contribution in [1.29, 1.82) is 0 Å². The first kappa shape index (κ1) is 15.2. The SMILES string of the molecule is O=C(/C=C/c1ccco1)NC(=S)Nc1nc2ccc(O)cc2s1. The Balaban J connectivity index is 1.60. The first-order valence-corrected chi connectivity index (χ1v) is 7.76. The molecule has 1 aromatic carbocycles. The molecule has 8 heteroatoms. The second-order valence-corrected chi connectivity index (χ2v) is 5.90. The molecule has 0 saturated heterocycles. The Kier molecular flexibility index (Phi) is 4.35. The minimum Gasteiger partial charge on any atom is -0.508 e. The molecule has 23 heavy (non-hydrogen) atoms. The molecule has 1 amide bonds. The summed E-state index contributed by atoms with van der Waals surface area (Å²) in [5, 5.41) is 15.5. The van der Waals surface area contributed by atoms with Crippen LogP contribution in [-0.4, -0.2) is 21.1 Å². The first-order valence-electron chi connectivity index (χ1n) is 6.53. The van der Waals surface area contributed by atoms with Crippen molar-refractivity contribution in [3.8, 4) is 5.75 Å². The third-order valence-corrected chi connectivity index (χ3v) is 3.91. The summed E-state index contributed by atoms with van der Waals surface area (Å²) in [4.78, 5) is 16.1. The molecule has 3 N–H and O–H groups in total. The van der Waals surface area contributed by atoms with Gasteiger partial charge in [0.2, 0.25) is 5.91 Å². The van der Waals surface area contributed by atoms with E-state index in [0.717, 1.165) is 10.2 Å². The minimum absolute atomic E-state index is 0.141. The molecule has 0 bridgehead atoms. The molecule has 3 rings (SSSR count). The number of carbonyl (C=O) groups is 1. The van der Waals surface area contributed by atoms with Gasteiger partial charge in [0.05, 0.1) is 16.5 Å². The molecular weight excluding hydrogens is 334 g/mol. The Hall–Kier alpha value is -2.71. The number of hydrogen-bond donors (Lipinski definition) is 3. The Morgan fingerprint density at radius 3 is 3.04 bits per heavy atom. The van der Waals surface area contributed by atoms with Crippen LogP contribution in [0.5, 0.6) is 5.75 Å². The molecule has 0 radical (unpaired) electrons. The number of aromatic hydroxyl groups is 1. The van der Waals surface area contributed by atoms with Gasteiger partial charge in [-0.25, -0.2) is 4.98 Å². The number of carbonyl (C=O) groups excluding carboxylic acids is 1. The molecule has 0 atom stereocenters. The Bertz CT molecular complexity index is 885. The lowest BCUT2D eigenvalue weighted by Gasteiger charge is -2.04. The van der Waals surface area contributed by atoms with Crippen LogP contribution in [0.25, 0.3) is 16.3 Å². The van der Waals surface area contributed by atoms with Gasteiger partial charge in [-0.3, -0.25) is 10.1 Å². The van der Waals surface area contributed by atoms with Gasteiger partial charge < -0.3 is 14.8 Å². The predicted molar refractivity (Wildman–Crippen MR) is 93.4 cm³/mol. The summed E-state index contributed by atoms with van der Waals surface area (Å²) in [6, 6.07) is 8.35. The number of nitrogens with zero attached hydrogens (tertiary/aromatic N) is 1. The maximum Gasteiger partial charge on any atom is 0.250 e. The summed E-state index contributed by atoms with van der Waals surface area (Å²) in [5.41, 5.74) is 0.738. The lowest BCUT2D eigenvalue weighted by molar-refractivity contribution is -0.115. The molecule has 0 unspecified atom stereocenters. The number of fused-ring (bicyclic) bond motifs is 1. The number of nitrogens with one attached hydrogen (secondary N) is 2. The van der Waals surface area contributed by atoms with Crippen LogP contribution < -0.4 is 10.6 Å². The summed E-state index contributed by atoms with van der Waals surface area (Å²) in [6.45, 7) is 0. The average Bonchev–Trinajstić information content (AvgIpc) is 3.13. The summed E-state index contributed by atoms with van der Waals surface area (Å²) in [7, 11) is 0. The quantitative estimate of drug-likeness (QED) is 0.499. The number of aromatic nitrogens is 1. The fourth-order valence-electron chi connectivity index (χ4n) is 1.79. The molecule has 6 nitrogen and oxygen atoms in total. The Labute approximate surface area is 140 Å². The number of thiocarbonyl (C=S) groups is 1. The van der Waals surface area contributed by atoms with Gasteiger partial charge in [0.1, 0.15) is 11.5 Å². The van der Waals surface area contributed by atoms with E-state index in [9.17, 15) is 9.90 Å². The molecule has 0 fully saturated rings. The van der Waals surface area contributed by atoms with E-state index < -0.39 is 0 Å². The van der Waals surface area contributed by atoms with Crippen LogP contribution in [0, 0.1) is 0 Å². The van der Waals surface area contributed by atoms with E-state index >= 15 is 0 Å². The lowest BCUT2D eigenvalue weighted by Crippen LogP contribution is -2.32. The zero-order valence-electron chi connectivity index (χ0n) is 11.6. The molecule has 116 valence electrons. The van der Waals surface area contributed by atoms with Crippen LogP contribution in [0.2, 0.25) is 0 Å². The second-order valence-electron chi connectivity index (χ2n) is 4.46. The Morgan fingerprint density at radius 2 is 2.26 bits per heavy atom. The predicted octanol–water partition coefficient (Wildman–Crippen LogP) is 3.12. The molecule has 0 aliphatic rings. The number of hydrogen-bond acceptors (Lipinski definition) is 6. The van der Waals surface area contributed by atoms with Crippen molar-refractivity contribution < 1.29 is 14.3 Å². The number of amides is 1. The fraction of sp³-hybridized carbons (Fsp3) is 0. The van der Waals surface area contributed by atoms with Crippen LogP contribution in [-0.2, 0) is 4.79 Å². The molecule has 0 aliphatic carbocycles. The van der Waals surface area contributed by atoms with Gasteiger partial charge in [0.15, 0.2) is 10.2 Å². The van der Waals surface area contributed by atoms with Gasteiger partial charge in [0.25, 0.3) is 0 Å². The standard InChI is InChI=1S/C15H11N3O3S2/c19-9-3-5-11-12(8-9)23-15(16-11)18-14(22)17-13(20)6-4-10-2-1-7-21-10/h1-8,19H,(H2,16,17,18,20,22)/b6-4+. The van der Waals surface area contributed by atoms with E-state index in [1.54, 1.807) is 36.4 Å². The van der Waals surface area contributed by atoms with Crippen molar-refractivity contribution in [3.63, 3.8) is 0 Å². The molecule has 0 aliphatic heterocycles. The number of anilines is 1. The molecule has 0 saturated carbocycles. The van der Waals surface area contributed by atoms with Crippen molar-refractivity contribution in [2.75, 3.05) is 5.32 Å². The van der Waals surface area contributed by atoms with Crippen molar-refractivity contribution in [3.05, 3.63) is 48.4 Å². The van der Waals surface area contributed by atoms with E-state index in [4.69, 9.17) is 16.6 Å². The number of furan rings is 1. The monoisotopic (exact) mass is 345 g/mol. The third-order valence-electron chi connectivity index (χ3n) is 2.77. The fourth-order valence-corrected chi connectivity index (χ4v) is 2.96. The van der Waals surface area contributed by atoms with Gasteiger partial charge in [-0.2, -0.15) is 0 Å². The highest BCUT2D eigenvalue weighted by molar-refractivity contribution is 7.80. The van der Waals surface area contributed by atoms with Crippen molar-refractivity contribution >= 4 is 56.0 Å². The summed E-state index contributed by atoms with van der Waals surface area (Å²) in [6.07, 6.45) is 4.39. The highest BCUT2D eigenvalue weighted by atomic mass is 32.1. The van der Waals surface area contributed by atoms with Gasteiger partial charge in [-0.1, -0.05) is 11.3 Å². The molecule has 2 aromatic heterocycles. The van der Waals surface area contributed by atoms with E-state index in [0.29, 0.717) is 10.9 Å². The van der Waals surface area contributed by atoms with E-state index in [-0.39, 0.29) is 16.8 Å². The van der Waals surface area contributed by atoms with Gasteiger partial charge in [-0.15, -0.1) is 0 Å². The number of rotatable bonds is 3. The van der Waals surface area contributed by atoms with Gasteiger partial charge >= 0.3 is 0 Å². The van der Waals surface area contributed by atoms with Crippen LogP contribution in [0.1, 0.15) is 5.76 Å². The van der Waals surface area contributed by atoms with Crippen LogP contribution in [0.15, 0.2) is 47.1 Å². The van der Waals surface area contributed by atoms with E-state index in [1.165, 1.54) is 23.7 Å². The summed E-state index contributed by atoms with van der Waals surface area (Å²) >= 11 is 6.40. The number of thiazole rings is 1. The van der Waals surface area contributed by atoms with Gasteiger partial charge in [-0.05, 0) is 48.6 Å². The smallest absolute Gasteiger partial charge is 0.250 e. The molecular formula is C15H11N3O3S2. The summed E-state index contributed by atoms with van der Waals surface area (Å²) in [5.74, 6) is 0.370. The van der Waals surface area contributed by atoms with Gasteiger partial charge in [0, 0.05) is 6.08 Å². The highest BCUT2D eigenvalue weighted by Gasteiger charge is 2.07. The molecule has 2 heterocycles.